The van der Waals surface area contributed by atoms with E-state index in [1.54, 1.807) is 18.2 Å². The number of ether oxygens (including phenoxy) is 1. The summed E-state index contributed by atoms with van der Waals surface area (Å²) in [5.41, 5.74) is 1.19. The van der Waals surface area contributed by atoms with E-state index in [2.05, 4.69) is 10.1 Å². The highest BCUT2D eigenvalue weighted by Gasteiger charge is 2.02. The highest BCUT2D eigenvalue weighted by atomic mass is 16.5. The summed E-state index contributed by atoms with van der Waals surface area (Å²) < 4.78 is 10.4. The number of aromatic nitrogens is 2. The molecule has 0 aliphatic rings. The fourth-order valence-corrected chi connectivity index (χ4v) is 1.19. The van der Waals surface area contributed by atoms with Gasteiger partial charge in [-0.25, -0.2) is 4.98 Å². The Morgan fingerprint density at radius 3 is 2.94 bits per heavy atom. The minimum Gasteiger partial charge on any atom is -0.484 e. The van der Waals surface area contributed by atoms with E-state index in [4.69, 9.17) is 9.26 Å². The maximum atomic E-state index is 10.4. The third-order valence-electron chi connectivity index (χ3n) is 1.94. The normalized spacial score (nSPS) is 10.1. The van der Waals surface area contributed by atoms with Crippen molar-refractivity contribution in [1.29, 1.82) is 0 Å². The number of hydrogen-bond acceptors (Lipinski definition) is 5. The Balaban J connectivity index is 1.96. The molecule has 0 atom stereocenters. The van der Waals surface area contributed by atoms with Crippen molar-refractivity contribution in [2.24, 2.45) is 0 Å². The van der Waals surface area contributed by atoms with E-state index in [-0.39, 0.29) is 0 Å². The topological polar surface area (TPSA) is 65.2 Å². The fourth-order valence-electron chi connectivity index (χ4n) is 1.19. The first-order valence-corrected chi connectivity index (χ1v) is 4.74. The molecule has 5 heteroatoms. The highest BCUT2D eigenvalue weighted by molar-refractivity contribution is 5.71. The average molecular weight is 218 g/mol. The van der Waals surface area contributed by atoms with Crippen molar-refractivity contribution in [3.63, 3.8) is 0 Å². The summed E-state index contributed by atoms with van der Waals surface area (Å²) >= 11 is 0. The summed E-state index contributed by atoms with van der Waals surface area (Å²) in [5.74, 6) is 1.23. The van der Waals surface area contributed by atoms with Crippen LogP contribution in [0.2, 0.25) is 0 Å². The lowest BCUT2D eigenvalue weighted by molar-refractivity contribution is 0.111. The van der Waals surface area contributed by atoms with Crippen LogP contribution in [0, 0.1) is 6.92 Å². The third kappa shape index (κ3) is 2.44. The first-order valence-electron chi connectivity index (χ1n) is 4.74. The van der Waals surface area contributed by atoms with E-state index < -0.39 is 0 Å². The second kappa shape index (κ2) is 4.57. The van der Waals surface area contributed by atoms with E-state index in [1.807, 2.05) is 6.92 Å². The van der Waals surface area contributed by atoms with Crippen LogP contribution < -0.4 is 4.74 Å². The maximum absolute atomic E-state index is 10.4. The zero-order chi connectivity index (χ0) is 11.4. The van der Waals surface area contributed by atoms with Gasteiger partial charge in [0.05, 0.1) is 11.9 Å². The molecule has 2 aromatic rings. The number of aldehydes is 1. The Kier molecular flexibility index (Phi) is 2.95. The van der Waals surface area contributed by atoms with E-state index in [0.29, 0.717) is 30.1 Å². The third-order valence-corrected chi connectivity index (χ3v) is 1.94. The summed E-state index contributed by atoms with van der Waals surface area (Å²) in [6, 6.07) is 5.07. The number of nitrogens with zero attached hydrogens (tertiary/aromatic N) is 2. The van der Waals surface area contributed by atoms with Gasteiger partial charge in [0.1, 0.15) is 18.1 Å². The Morgan fingerprint density at radius 2 is 2.38 bits per heavy atom. The van der Waals surface area contributed by atoms with Gasteiger partial charge in [-0.3, -0.25) is 4.79 Å². The Hall–Kier alpha value is -2.17. The molecule has 82 valence electrons. The highest BCUT2D eigenvalue weighted by Crippen LogP contribution is 2.11. The molecule has 0 N–H and O–H groups in total. The molecule has 0 fully saturated rings. The Labute approximate surface area is 92.0 Å². The van der Waals surface area contributed by atoms with Crippen LogP contribution in [-0.2, 0) is 6.61 Å². The molecule has 0 aromatic carbocycles. The lowest BCUT2D eigenvalue weighted by Crippen LogP contribution is -1.95. The monoisotopic (exact) mass is 218 g/mol. The SMILES string of the molecule is Cc1cc(COc2ccc(C=O)nc2)on1. The quantitative estimate of drug-likeness (QED) is 0.731. The molecule has 2 heterocycles. The molecule has 0 bridgehead atoms. The van der Waals surface area contributed by atoms with E-state index in [1.165, 1.54) is 6.20 Å². The predicted molar refractivity (Wildman–Crippen MR) is 55.2 cm³/mol. The van der Waals surface area contributed by atoms with Crippen molar-refractivity contribution in [2.75, 3.05) is 0 Å². The number of carbonyl (C=O) groups is 1. The van der Waals surface area contributed by atoms with Crippen LogP contribution in [0.25, 0.3) is 0 Å². The lowest BCUT2D eigenvalue weighted by Gasteiger charge is -2.02. The molecule has 0 saturated heterocycles. The Bertz CT molecular complexity index is 476. The van der Waals surface area contributed by atoms with Crippen molar-refractivity contribution < 1.29 is 14.1 Å². The van der Waals surface area contributed by atoms with Gasteiger partial charge in [0, 0.05) is 6.07 Å². The molecule has 0 spiro atoms. The van der Waals surface area contributed by atoms with Crippen LogP contribution in [0.15, 0.2) is 28.9 Å². The zero-order valence-electron chi connectivity index (χ0n) is 8.71. The van der Waals surface area contributed by atoms with Gasteiger partial charge in [-0.05, 0) is 19.1 Å². The number of rotatable bonds is 4. The molecule has 0 aliphatic heterocycles. The molecule has 2 rings (SSSR count). The molecular formula is C11H10N2O3. The molecule has 0 radical (unpaired) electrons. The second-order valence-electron chi connectivity index (χ2n) is 3.26. The van der Waals surface area contributed by atoms with Crippen molar-refractivity contribution in [1.82, 2.24) is 10.1 Å². The standard InChI is InChI=1S/C11H10N2O3/c1-8-4-11(16-13-8)7-15-10-3-2-9(6-14)12-5-10/h2-6H,7H2,1H3. The van der Waals surface area contributed by atoms with E-state index in [0.717, 1.165) is 5.69 Å². The number of carbonyl (C=O) groups excluding carboxylic acids is 1. The van der Waals surface area contributed by atoms with Gasteiger partial charge in [0.2, 0.25) is 0 Å². The van der Waals surface area contributed by atoms with Gasteiger partial charge >= 0.3 is 0 Å². The molecule has 0 amide bonds. The molecular weight excluding hydrogens is 208 g/mol. The van der Waals surface area contributed by atoms with Gasteiger partial charge in [0.25, 0.3) is 0 Å². The Morgan fingerprint density at radius 1 is 1.50 bits per heavy atom. The first kappa shape index (κ1) is 10.4. The van der Waals surface area contributed by atoms with Crippen LogP contribution in [0.3, 0.4) is 0 Å². The first-order chi connectivity index (χ1) is 7.78. The van der Waals surface area contributed by atoms with Crippen LogP contribution >= 0.6 is 0 Å². The number of hydrogen-bond donors (Lipinski definition) is 0. The summed E-state index contributed by atoms with van der Waals surface area (Å²) in [5, 5.41) is 3.74. The van der Waals surface area contributed by atoms with Gasteiger partial charge in [0.15, 0.2) is 12.0 Å². The van der Waals surface area contributed by atoms with Gasteiger partial charge in [-0.2, -0.15) is 0 Å². The van der Waals surface area contributed by atoms with Gasteiger partial charge < -0.3 is 9.26 Å². The summed E-state index contributed by atoms with van der Waals surface area (Å²) in [6.45, 7) is 2.14. The van der Waals surface area contributed by atoms with Crippen molar-refractivity contribution in [2.45, 2.75) is 13.5 Å². The molecule has 5 nitrogen and oxygen atoms in total. The van der Waals surface area contributed by atoms with Crippen LogP contribution in [0.1, 0.15) is 21.9 Å². The average Bonchev–Trinajstić information content (AvgIpc) is 2.73. The van der Waals surface area contributed by atoms with Crippen molar-refractivity contribution >= 4 is 6.29 Å². The largest absolute Gasteiger partial charge is 0.484 e. The van der Waals surface area contributed by atoms with Gasteiger partial charge in [-0.15, -0.1) is 0 Å². The van der Waals surface area contributed by atoms with Crippen LogP contribution in [0.4, 0.5) is 0 Å². The van der Waals surface area contributed by atoms with Crippen LogP contribution in [0.5, 0.6) is 5.75 Å². The van der Waals surface area contributed by atoms with Crippen molar-refractivity contribution in [3.8, 4) is 5.75 Å². The summed E-state index contributed by atoms with van der Waals surface area (Å²) in [6.07, 6.45) is 2.18. The van der Waals surface area contributed by atoms with E-state index in [9.17, 15) is 4.79 Å². The summed E-state index contributed by atoms with van der Waals surface area (Å²) in [4.78, 5) is 14.2. The van der Waals surface area contributed by atoms with Crippen LogP contribution in [-0.4, -0.2) is 16.4 Å². The molecule has 0 saturated carbocycles. The van der Waals surface area contributed by atoms with E-state index >= 15 is 0 Å². The number of aryl methyl sites for hydroxylation is 1. The lowest BCUT2D eigenvalue weighted by atomic mass is 10.3. The van der Waals surface area contributed by atoms with Gasteiger partial charge in [-0.1, -0.05) is 5.16 Å². The fraction of sp³-hybridized carbons (Fsp3) is 0.182. The predicted octanol–water partition coefficient (Wildman–Crippen LogP) is 1.77. The zero-order valence-corrected chi connectivity index (χ0v) is 8.71. The molecule has 2 aromatic heterocycles. The minimum atomic E-state index is 0.295. The minimum absolute atomic E-state index is 0.295. The molecule has 16 heavy (non-hydrogen) atoms. The summed E-state index contributed by atoms with van der Waals surface area (Å²) in [7, 11) is 0. The molecule has 0 unspecified atom stereocenters. The van der Waals surface area contributed by atoms with Crippen molar-refractivity contribution in [3.05, 3.63) is 41.5 Å². The molecule has 0 aliphatic carbocycles. The maximum Gasteiger partial charge on any atom is 0.174 e. The number of pyridine rings is 1. The second-order valence-corrected chi connectivity index (χ2v) is 3.26. The smallest absolute Gasteiger partial charge is 0.174 e.